The molecule has 0 saturated carbocycles. The van der Waals surface area contributed by atoms with E-state index in [1.54, 1.807) is 35.6 Å². The Labute approximate surface area is 423 Å². The molecule has 0 saturated heterocycles. The van der Waals surface area contributed by atoms with Crippen molar-refractivity contribution in [2.45, 2.75) is 53.9 Å². The molecule has 0 unspecified atom stereocenters. The largest absolute Gasteiger partial charge is 0.872 e. The van der Waals surface area contributed by atoms with Crippen LogP contribution in [-0.2, 0) is 59.5 Å². The molecule has 2 aliphatic heterocycles. The van der Waals surface area contributed by atoms with Gasteiger partial charge in [0.2, 0.25) is 6.54 Å². The van der Waals surface area contributed by atoms with Gasteiger partial charge in [-0.25, -0.2) is 28.5 Å². The van der Waals surface area contributed by atoms with Gasteiger partial charge in [-0.15, -0.1) is 6.58 Å². The Kier molecular flexibility index (Phi) is 15.0. The van der Waals surface area contributed by atoms with Gasteiger partial charge in [-0.3, -0.25) is 4.79 Å². The first-order valence-corrected chi connectivity index (χ1v) is 22.6. The number of aromatic nitrogens is 4. The van der Waals surface area contributed by atoms with Gasteiger partial charge in [0.25, 0.3) is 0 Å². The fourth-order valence-electron chi connectivity index (χ4n) is 9.50. The van der Waals surface area contributed by atoms with Crippen molar-refractivity contribution in [2.75, 3.05) is 28.4 Å². The number of hydrogen-bond donors (Lipinski definition) is 2. The maximum Gasteiger partial charge on any atom is 0.370 e. The highest BCUT2D eigenvalue weighted by Gasteiger charge is 2.32. The highest BCUT2D eigenvalue weighted by atomic mass is 16.5. The molecule has 4 aliphatic carbocycles. The number of fused-ring (bicyclic) bond motifs is 4. The van der Waals surface area contributed by atoms with Crippen molar-refractivity contribution >= 4 is 76.2 Å². The van der Waals surface area contributed by atoms with Crippen LogP contribution in [0.15, 0.2) is 86.2 Å². The van der Waals surface area contributed by atoms with Crippen LogP contribution >= 0.6 is 0 Å². The van der Waals surface area contributed by atoms with Gasteiger partial charge in [0.05, 0.1) is 63.2 Å². The summed E-state index contributed by atoms with van der Waals surface area (Å²) in [6.07, 6.45) is 20.2. The number of pyridine rings is 4. The molecule has 19 nitrogen and oxygen atoms in total. The molecule has 0 radical (unpaired) electrons. The van der Waals surface area contributed by atoms with Crippen molar-refractivity contribution in [2.24, 2.45) is 0 Å². The van der Waals surface area contributed by atoms with Crippen molar-refractivity contribution in [1.82, 2.24) is 9.13 Å². The smallest absolute Gasteiger partial charge is 0.370 e. The van der Waals surface area contributed by atoms with Crippen molar-refractivity contribution in [1.29, 1.82) is 0 Å². The Morgan fingerprint density at radius 1 is 0.541 bits per heavy atom. The number of carbonyl (C=O) groups excluding carboxylic acids is 5. The zero-order chi connectivity index (χ0) is 54.0. The minimum atomic E-state index is -1.31. The maximum atomic E-state index is 12.7. The zero-order valence-corrected chi connectivity index (χ0v) is 41.6. The molecule has 8 rings (SSSR count). The van der Waals surface area contributed by atoms with Crippen molar-refractivity contribution in [3.63, 3.8) is 0 Å². The molecular weight excluding hydrogens is 957 g/mol. The van der Waals surface area contributed by atoms with Crippen LogP contribution in [0.25, 0.3) is 56.7 Å². The number of nitrogens with zero attached hydrogens (tertiary/aromatic N) is 4. The highest BCUT2D eigenvalue weighted by Crippen LogP contribution is 2.44. The van der Waals surface area contributed by atoms with Gasteiger partial charge in [0.1, 0.15) is 17.7 Å². The maximum absolute atomic E-state index is 12.7. The summed E-state index contributed by atoms with van der Waals surface area (Å²) in [4.78, 5) is 84.4. The van der Waals surface area contributed by atoms with Crippen LogP contribution in [0, 0.1) is 13.8 Å². The molecule has 380 valence electrons. The standard InChI is InChI=1S/C28H26N2O7.C27H24N2O8/c1-15-6-18(25-20(15)10-29(9-17(3)31)12-22(25)27(34)36-4)8-19-7-16(2)21-11-30(14-24(32)33)13-23(26(19)21)28(35)37-5;1-14-5-16(18-8-28(12-22(30)31)10-20(24(14)18)26(34)36-3)7-17-6-15(2)25-19(17)9-29(13-23(32)33)11-21(25)27(35)37-4/h6-8,10-13H,3,9,14H2,1-2,4-5H3,(H-,31,32,33);5-11H,12-13H2,1-4H3,(H-,30,31,32,33). The molecule has 0 fully saturated rings. The monoisotopic (exact) mass is 1010 g/mol. The summed E-state index contributed by atoms with van der Waals surface area (Å²) >= 11 is 0. The van der Waals surface area contributed by atoms with E-state index in [1.165, 1.54) is 60.7 Å². The second kappa shape index (κ2) is 21.1. The quantitative estimate of drug-likeness (QED) is 0.0670. The Morgan fingerprint density at radius 2 is 1.04 bits per heavy atom. The third-order valence-corrected chi connectivity index (χ3v) is 12.4. The molecule has 0 spiro atoms. The molecule has 4 heterocycles. The van der Waals surface area contributed by atoms with Gasteiger partial charge in [0, 0.05) is 58.2 Å². The average molecular weight is 1010 g/mol. The van der Waals surface area contributed by atoms with Crippen molar-refractivity contribution in [3.05, 3.63) is 153 Å². The summed E-state index contributed by atoms with van der Waals surface area (Å²) < 4.78 is 25.7. The molecule has 19 heteroatoms. The summed E-state index contributed by atoms with van der Waals surface area (Å²) in [7, 11) is 5.07. The second-order valence-corrected chi connectivity index (χ2v) is 17.6. The van der Waals surface area contributed by atoms with Gasteiger partial charge < -0.3 is 53.3 Å². The molecular formula is C55H50N4O15. The summed E-state index contributed by atoms with van der Waals surface area (Å²) in [6, 6.07) is 3.77. The number of esters is 4. The SMILES string of the molecule is C=C([O-])C[n+]1cc(C(=O)OC)c2c(c1)C(C)=C/C2=C\c1cc(C)c2cn(CC(=O)O)cc(C(=O)OC)c1-2.COC(=O)c1c[n+](CC(=O)O)cc2c1C(C)=CC2=Cc1cc(C)c2c(C(=O)OC)cn(CC(=O)[O-])cc1-2. The van der Waals surface area contributed by atoms with Gasteiger partial charge in [-0.2, -0.15) is 4.57 Å². The molecule has 0 bridgehead atoms. The Balaban J connectivity index is 0.000000216. The summed E-state index contributed by atoms with van der Waals surface area (Å²) in [5.41, 5.74) is 12.4. The number of ether oxygens (including phenoxy) is 4. The Bertz CT molecular complexity index is 3470. The fourth-order valence-corrected chi connectivity index (χ4v) is 9.50. The topological polar surface area (TPSA) is 261 Å². The predicted molar refractivity (Wildman–Crippen MR) is 263 cm³/mol. The van der Waals surface area contributed by atoms with E-state index in [2.05, 4.69) is 6.58 Å². The van der Waals surface area contributed by atoms with Crippen LogP contribution in [-0.4, -0.2) is 89.6 Å². The summed E-state index contributed by atoms with van der Waals surface area (Å²) in [5.74, 6) is -6.07. The van der Waals surface area contributed by atoms with Crippen LogP contribution < -0.4 is 19.3 Å². The number of hydrogen-bond acceptors (Lipinski definition) is 13. The first-order valence-electron chi connectivity index (χ1n) is 22.6. The van der Waals surface area contributed by atoms with E-state index in [4.69, 9.17) is 18.9 Å². The lowest BCUT2D eigenvalue weighted by molar-refractivity contribution is -0.700. The van der Waals surface area contributed by atoms with E-state index >= 15 is 0 Å². The molecule has 0 atom stereocenters. The van der Waals surface area contributed by atoms with E-state index in [-0.39, 0.29) is 42.1 Å². The molecule has 2 N–H and O–H groups in total. The number of carboxylic acid groups (broad SMARTS) is 3. The van der Waals surface area contributed by atoms with E-state index in [9.17, 15) is 54.0 Å². The van der Waals surface area contributed by atoms with Crippen LogP contribution in [0.5, 0.6) is 0 Å². The van der Waals surface area contributed by atoms with Gasteiger partial charge in [0.15, 0.2) is 31.3 Å². The minimum absolute atomic E-state index is 0.00904. The Hall–Kier alpha value is -9.39. The van der Waals surface area contributed by atoms with Crippen LogP contribution in [0.1, 0.15) is 99.8 Å². The summed E-state index contributed by atoms with van der Waals surface area (Å²) in [6.45, 7) is 9.75. The summed E-state index contributed by atoms with van der Waals surface area (Å²) in [5, 5.41) is 41.5. The average Bonchev–Trinajstić information content (AvgIpc) is 4.04. The zero-order valence-electron chi connectivity index (χ0n) is 41.6. The predicted octanol–water partition coefficient (Wildman–Crippen LogP) is 4.23. The minimum Gasteiger partial charge on any atom is -0.872 e. The number of aliphatic carboxylic acids is 3. The lowest BCUT2D eigenvalue weighted by Gasteiger charge is -2.15. The number of aryl methyl sites for hydroxylation is 2. The molecule has 74 heavy (non-hydrogen) atoms. The lowest BCUT2D eigenvalue weighted by atomic mass is 9.96. The van der Waals surface area contributed by atoms with E-state index in [0.29, 0.717) is 61.2 Å². The van der Waals surface area contributed by atoms with E-state index < -0.39 is 48.3 Å². The van der Waals surface area contributed by atoms with E-state index in [1.807, 2.05) is 64.1 Å². The van der Waals surface area contributed by atoms with Crippen LogP contribution in [0.3, 0.4) is 0 Å². The molecule has 0 aromatic carbocycles. The fraction of sp³-hybridized carbons (Fsp3) is 0.218. The van der Waals surface area contributed by atoms with Gasteiger partial charge in [-0.05, 0) is 84.4 Å². The third-order valence-electron chi connectivity index (χ3n) is 12.4. The van der Waals surface area contributed by atoms with Gasteiger partial charge in [-0.1, -0.05) is 30.0 Å². The Morgan fingerprint density at radius 3 is 1.61 bits per heavy atom. The van der Waals surface area contributed by atoms with Crippen LogP contribution in [0.2, 0.25) is 0 Å². The first-order chi connectivity index (χ1) is 35.1. The number of carbonyl (C=O) groups is 7. The number of rotatable bonds is 14. The first kappa shape index (κ1) is 52.4. The number of allylic oxidation sites excluding steroid dienone is 7. The highest BCUT2D eigenvalue weighted by molar-refractivity contribution is 6.11. The van der Waals surface area contributed by atoms with Crippen molar-refractivity contribution < 1.29 is 82.1 Å². The third kappa shape index (κ3) is 10.5. The molecule has 6 aliphatic rings. The second-order valence-electron chi connectivity index (χ2n) is 17.6. The lowest BCUT2D eigenvalue weighted by Crippen LogP contribution is -2.39. The van der Waals surface area contributed by atoms with Crippen molar-refractivity contribution in [3.8, 4) is 22.3 Å². The number of carboxylic acids is 3. The van der Waals surface area contributed by atoms with Crippen LogP contribution in [0.4, 0.5) is 0 Å². The number of methoxy groups -OCH3 is 4. The molecule has 2 aromatic heterocycles. The van der Waals surface area contributed by atoms with E-state index in [0.717, 1.165) is 33.4 Å². The molecule has 2 aromatic rings. The molecule has 0 amide bonds. The van der Waals surface area contributed by atoms with Gasteiger partial charge >= 0.3 is 35.8 Å². The normalized spacial score (nSPS) is 13.4.